The first-order chi connectivity index (χ1) is 18.5. The highest BCUT2D eigenvalue weighted by Gasteiger charge is 2.18. The minimum atomic E-state index is -4.05. The number of hydrogen-bond acceptors (Lipinski definition) is 8. The van der Waals surface area contributed by atoms with Gasteiger partial charge >= 0.3 is 26.3 Å². The van der Waals surface area contributed by atoms with E-state index >= 15 is 0 Å². The first kappa shape index (κ1) is 27.5. The number of rotatable bonds is 9. The van der Waals surface area contributed by atoms with Crippen LogP contribution in [0.3, 0.4) is 0 Å². The molecule has 0 atom stereocenters. The van der Waals surface area contributed by atoms with E-state index in [0.717, 1.165) is 5.56 Å². The fourth-order valence-corrected chi connectivity index (χ4v) is 5.14. The van der Waals surface area contributed by atoms with Gasteiger partial charge in [-0.2, -0.15) is 16.8 Å². The van der Waals surface area contributed by atoms with Crippen LogP contribution in [0.2, 0.25) is 0 Å². The zero-order valence-corrected chi connectivity index (χ0v) is 22.5. The highest BCUT2D eigenvalue weighted by molar-refractivity contribution is 7.87. The third-order valence-electron chi connectivity index (χ3n) is 5.29. The minimum absolute atomic E-state index is 0.0319. The van der Waals surface area contributed by atoms with E-state index in [-0.39, 0.29) is 21.3 Å². The molecule has 0 aliphatic carbocycles. The zero-order valence-electron chi connectivity index (χ0n) is 20.8. The molecule has 0 heterocycles. The van der Waals surface area contributed by atoms with E-state index in [1.165, 1.54) is 92.0 Å². The topological polar surface area (TPSA) is 137 Å². The predicted octanol–water partition coefficient (Wildman–Crippen LogP) is 5.18. The second-order valence-corrected chi connectivity index (χ2v) is 11.3. The molecule has 4 rings (SSSR count). The summed E-state index contributed by atoms with van der Waals surface area (Å²) in [6, 6.07) is 23.0. The molecule has 0 saturated heterocycles. The van der Waals surface area contributed by atoms with E-state index in [4.69, 9.17) is 13.1 Å². The van der Waals surface area contributed by atoms with Crippen LogP contribution in [-0.2, 0) is 20.2 Å². The fraction of sp³-hybridized carbons (Fsp3) is 0.0741. The Kier molecular flexibility index (Phi) is 8.07. The van der Waals surface area contributed by atoms with Gasteiger partial charge in [-0.1, -0.05) is 17.7 Å². The molecule has 0 bridgehead atoms. The third-order valence-corrected chi connectivity index (χ3v) is 7.82. The van der Waals surface area contributed by atoms with E-state index < -0.39 is 26.3 Å². The molecule has 10 nitrogen and oxygen atoms in total. The number of nitrogens with one attached hydrogen (secondary N) is 2. The summed E-state index contributed by atoms with van der Waals surface area (Å²) in [5, 5.41) is 5.22. The highest BCUT2D eigenvalue weighted by Crippen LogP contribution is 2.24. The number of carbonyl (C=O) groups excluding carboxylic acids is 1. The number of ether oxygens (including phenoxy) is 1. The monoisotopic (exact) mass is 568 g/mol. The Morgan fingerprint density at radius 3 is 1.31 bits per heavy atom. The van der Waals surface area contributed by atoms with Crippen molar-refractivity contribution < 1.29 is 34.7 Å². The lowest BCUT2D eigenvalue weighted by molar-refractivity contribution is 0.262. The first-order valence-electron chi connectivity index (χ1n) is 11.4. The van der Waals surface area contributed by atoms with Gasteiger partial charge in [-0.15, -0.1) is 0 Å². The molecule has 4 aromatic carbocycles. The summed E-state index contributed by atoms with van der Waals surface area (Å²) >= 11 is 0. The molecule has 202 valence electrons. The average Bonchev–Trinajstić information content (AvgIpc) is 2.91. The van der Waals surface area contributed by atoms with Gasteiger partial charge in [-0.25, -0.2) is 4.79 Å². The SMILES string of the molecule is COc1ccc(S(=O)(=O)Oc2ccc(NC(=O)Nc3ccc(OS(=O)(=O)c4ccc(C)cc4)cc3)cc2)cc1. The van der Waals surface area contributed by atoms with Crippen LogP contribution in [-0.4, -0.2) is 30.0 Å². The first-order valence-corrected chi connectivity index (χ1v) is 14.2. The molecule has 0 fully saturated rings. The quantitative estimate of drug-likeness (QED) is 0.264. The van der Waals surface area contributed by atoms with E-state index in [2.05, 4.69) is 10.6 Å². The van der Waals surface area contributed by atoms with Crippen molar-refractivity contribution in [2.75, 3.05) is 17.7 Å². The Bertz CT molecular complexity index is 1650. The largest absolute Gasteiger partial charge is 0.497 e. The van der Waals surface area contributed by atoms with Crippen LogP contribution in [0.4, 0.5) is 16.2 Å². The van der Waals surface area contributed by atoms with Gasteiger partial charge in [0.25, 0.3) is 0 Å². The van der Waals surface area contributed by atoms with Crippen LogP contribution in [0, 0.1) is 6.92 Å². The number of amides is 2. The maximum Gasteiger partial charge on any atom is 0.339 e. The zero-order chi connectivity index (χ0) is 28.0. The molecule has 0 radical (unpaired) electrons. The summed E-state index contributed by atoms with van der Waals surface area (Å²) in [6.07, 6.45) is 0. The highest BCUT2D eigenvalue weighted by atomic mass is 32.2. The molecule has 4 aromatic rings. The van der Waals surface area contributed by atoms with Gasteiger partial charge in [0.2, 0.25) is 0 Å². The van der Waals surface area contributed by atoms with Crippen LogP contribution in [0.15, 0.2) is 107 Å². The summed E-state index contributed by atoms with van der Waals surface area (Å²) in [6.45, 7) is 1.85. The number of urea groups is 1. The number of aryl methyl sites for hydroxylation is 1. The molecule has 0 aliphatic rings. The molecule has 0 aromatic heterocycles. The fourth-order valence-electron chi connectivity index (χ4n) is 3.28. The predicted molar refractivity (Wildman–Crippen MR) is 145 cm³/mol. The lowest BCUT2D eigenvalue weighted by Gasteiger charge is -2.11. The van der Waals surface area contributed by atoms with E-state index in [9.17, 15) is 21.6 Å². The second-order valence-electron chi connectivity index (χ2n) is 8.19. The third kappa shape index (κ3) is 7.27. The normalized spacial score (nSPS) is 11.3. The van der Waals surface area contributed by atoms with Gasteiger partial charge in [-0.3, -0.25) is 0 Å². The van der Waals surface area contributed by atoms with Crippen molar-refractivity contribution in [2.45, 2.75) is 16.7 Å². The average molecular weight is 569 g/mol. The molecular formula is C27H24N2O8S2. The van der Waals surface area contributed by atoms with E-state index in [1.807, 2.05) is 6.92 Å². The Labute approximate surface area is 226 Å². The lowest BCUT2D eigenvalue weighted by atomic mass is 10.2. The van der Waals surface area contributed by atoms with Crippen molar-refractivity contribution in [3.05, 3.63) is 103 Å². The number of methoxy groups -OCH3 is 1. The van der Waals surface area contributed by atoms with Crippen molar-refractivity contribution in [2.24, 2.45) is 0 Å². The molecular weight excluding hydrogens is 544 g/mol. The molecule has 0 saturated carbocycles. The van der Waals surface area contributed by atoms with Crippen LogP contribution in [0.25, 0.3) is 0 Å². The Morgan fingerprint density at radius 1 is 0.564 bits per heavy atom. The number of benzene rings is 4. The smallest absolute Gasteiger partial charge is 0.339 e. The van der Waals surface area contributed by atoms with Gasteiger partial charge in [0.05, 0.1) is 7.11 Å². The Balaban J connectivity index is 1.32. The number of anilines is 2. The van der Waals surface area contributed by atoms with Crippen molar-refractivity contribution >= 4 is 37.6 Å². The number of hydrogen-bond donors (Lipinski definition) is 2. The maximum atomic E-state index is 12.5. The molecule has 0 spiro atoms. The lowest BCUT2D eigenvalue weighted by Crippen LogP contribution is -2.19. The number of carbonyl (C=O) groups is 1. The molecule has 39 heavy (non-hydrogen) atoms. The van der Waals surface area contributed by atoms with Crippen LogP contribution in [0.1, 0.15) is 5.56 Å². The van der Waals surface area contributed by atoms with Crippen LogP contribution < -0.4 is 23.7 Å². The van der Waals surface area contributed by atoms with Gasteiger partial charge in [0.15, 0.2) is 0 Å². The minimum Gasteiger partial charge on any atom is -0.497 e. The summed E-state index contributed by atoms with van der Waals surface area (Å²) in [7, 11) is -6.57. The maximum absolute atomic E-state index is 12.5. The summed E-state index contributed by atoms with van der Waals surface area (Å²) < 4.78 is 65.1. The summed E-state index contributed by atoms with van der Waals surface area (Å²) in [5.41, 5.74) is 1.69. The Morgan fingerprint density at radius 2 is 0.923 bits per heavy atom. The van der Waals surface area contributed by atoms with Crippen molar-refractivity contribution in [1.82, 2.24) is 0 Å². The molecule has 2 N–H and O–H groups in total. The summed E-state index contributed by atoms with van der Waals surface area (Å²) in [4.78, 5) is 12.4. The molecule has 0 aliphatic heterocycles. The summed E-state index contributed by atoms with van der Waals surface area (Å²) in [5.74, 6) is 0.660. The van der Waals surface area contributed by atoms with Gasteiger partial charge in [-0.05, 0) is 91.9 Å². The van der Waals surface area contributed by atoms with Crippen molar-refractivity contribution in [3.8, 4) is 17.2 Å². The van der Waals surface area contributed by atoms with Crippen molar-refractivity contribution in [1.29, 1.82) is 0 Å². The molecule has 2 amide bonds. The van der Waals surface area contributed by atoms with Crippen LogP contribution >= 0.6 is 0 Å². The van der Waals surface area contributed by atoms with E-state index in [1.54, 1.807) is 12.1 Å². The molecule has 12 heteroatoms. The van der Waals surface area contributed by atoms with Crippen LogP contribution in [0.5, 0.6) is 17.2 Å². The van der Waals surface area contributed by atoms with Crippen molar-refractivity contribution in [3.63, 3.8) is 0 Å². The van der Waals surface area contributed by atoms with E-state index in [0.29, 0.717) is 17.1 Å². The molecule has 0 unspecified atom stereocenters. The van der Waals surface area contributed by atoms with Gasteiger partial charge < -0.3 is 23.7 Å². The van der Waals surface area contributed by atoms with Gasteiger partial charge in [0, 0.05) is 11.4 Å². The Hall–Kier alpha value is -4.55. The van der Waals surface area contributed by atoms with Gasteiger partial charge in [0.1, 0.15) is 27.0 Å². The second kappa shape index (κ2) is 11.5. The standard InChI is InChI=1S/C27H24N2O8S2/c1-19-3-15-25(16-4-19)38(31,32)36-23-9-5-20(6-10-23)28-27(30)29-21-7-11-24(12-8-21)37-39(33,34)26-17-13-22(35-2)14-18-26/h3-18H,1-2H3,(H2,28,29,30).